The number of carbonyl (C=O) groups is 1. The fourth-order valence-electron chi connectivity index (χ4n) is 2.98. The van der Waals surface area contributed by atoms with Crippen LogP contribution in [0.4, 0.5) is 5.00 Å². The Hall–Kier alpha value is -1.82. The highest BCUT2D eigenvalue weighted by Gasteiger charge is 2.28. The molecule has 28 heavy (non-hydrogen) atoms. The summed E-state index contributed by atoms with van der Waals surface area (Å²) in [5, 5.41) is 23.3. The maximum Gasteiger partial charge on any atom is 0.262 e. The highest BCUT2D eigenvalue weighted by atomic mass is 35.5. The third kappa shape index (κ3) is 4.43. The van der Waals surface area contributed by atoms with Crippen molar-refractivity contribution in [1.29, 1.82) is 5.26 Å². The minimum absolute atomic E-state index is 0.0108. The molecule has 0 bridgehead atoms. The van der Waals surface area contributed by atoms with Crippen LogP contribution in [-0.4, -0.2) is 50.5 Å². The summed E-state index contributed by atoms with van der Waals surface area (Å²) >= 11 is 13.7. The van der Waals surface area contributed by atoms with Crippen LogP contribution >= 0.6 is 34.5 Å². The largest absolute Gasteiger partial charge is 0.396 e. The molecule has 0 radical (unpaired) electrons. The number of hydrogen-bond acceptors (Lipinski definition) is 6. The summed E-state index contributed by atoms with van der Waals surface area (Å²) in [4.78, 5) is 15.3. The van der Waals surface area contributed by atoms with E-state index in [9.17, 15) is 10.1 Å². The van der Waals surface area contributed by atoms with Crippen molar-refractivity contribution >= 4 is 45.4 Å². The zero-order chi connectivity index (χ0) is 20.1. The number of morpholine rings is 1. The zero-order valence-electron chi connectivity index (χ0n) is 15.0. The van der Waals surface area contributed by atoms with Crippen molar-refractivity contribution in [3.8, 4) is 17.2 Å². The molecule has 2 aromatic rings. The van der Waals surface area contributed by atoms with E-state index in [1.54, 1.807) is 18.2 Å². The summed E-state index contributed by atoms with van der Waals surface area (Å²) < 4.78 is 5.40. The van der Waals surface area contributed by atoms with Gasteiger partial charge in [0, 0.05) is 47.4 Å². The number of nitriles is 1. The van der Waals surface area contributed by atoms with Crippen LogP contribution in [0.3, 0.4) is 0 Å². The van der Waals surface area contributed by atoms with Crippen LogP contribution in [0.25, 0.3) is 11.1 Å². The first kappa shape index (κ1) is 20.9. The summed E-state index contributed by atoms with van der Waals surface area (Å²) in [6.07, 6.45) is 0.454. The molecule has 2 heterocycles. The van der Waals surface area contributed by atoms with Gasteiger partial charge in [-0.1, -0.05) is 29.3 Å². The smallest absolute Gasteiger partial charge is 0.262 e. The van der Waals surface area contributed by atoms with Crippen LogP contribution in [0.15, 0.2) is 18.2 Å². The molecule has 1 amide bonds. The minimum Gasteiger partial charge on any atom is -0.396 e. The van der Waals surface area contributed by atoms with E-state index in [0.717, 1.165) is 5.00 Å². The summed E-state index contributed by atoms with van der Waals surface area (Å²) in [7, 11) is 0. The Balaban J connectivity index is 2.11. The SMILES string of the molecule is N#Cc1c(N2CCOCC2)sc(C(=O)NCCCO)c1-c1ccc(Cl)cc1Cl. The highest BCUT2D eigenvalue weighted by molar-refractivity contribution is 7.19. The molecule has 2 N–H and O–H groups in total. The molecule has 1 aromatic heterocycles. The second kappa shape index (κ2) is 9.59. The lowest BCUT2D eigenvalue weighted by Gasteiger charge is -2.27. The average molecular weight is 440 g/mol. The molecule has 1 aromatic carbocycles. The third-order valence-electron chi connectivity index (χ3n) is 4.33. The predicted octanol–water partition coefficient (Wildman–Crippen LogP) is 3.54. The number of aliphatic hydroxyl groups is 1. The Bertz CT molecular complexity index is 905. The first-order valence-corrected chi connectivity index (χ1v) is 10.4. The van der Waals surface area contributed by atoms with Crippen molar-refractivity contribution in [1.82, 2.24) is 5.32 Å². The Labute approximate surface area is 177 Å². The van der Waals surface area contributed by atoms with Gasteiger partial charge >= 0.3 is 0 Å². The van der Waals surface area contributed by atoms with Gasteiger partial charge in [0.05, 0.1) is 18.8 Å². The Morgan fingerprint density at radius 2 is 2.11 bits per heavy atom. The maximum absolute atomic E-state index is 12.9. The monoisotopic (exact) mass is 439 g/mol. The van der Waals surface area contributed by atoms with Gasteiger partial charge in [0.1, 0.15) is 15.9 Å². The lowest BCUT2D eigenvalue weighted by Crippen LogP contribution is -2.36. The maximum atomic E-state index is 12.9. The number of rotatable bonds is 6. The Kier molecular flexibility index (Phi) is 7.16. The number of anilines is 1. The van der Waals surface area contributed by atoms with Gasteiger partial charge in [-0.25, -0.2) is 0 Å². The van der Waals surface area contributed by atoms with Crippen molar-refractivity contribution in [3.05, 3.63) is 38.7 Å². The van der Waals surface area contributed by atoms with E-state index in [0.29, 0.717) is 70.9 Å². The van der Waals surface area contributed by atoms with Crippen molar-refractivity contribution in [3.63, 3.8) is 0 Å². The van der Waals surface area contributed by atoms with Crippen molar-refractivity contribution in [2.24, 2.45) is 0 Å². The number of hydrogen-bond donors (Lipinski definition) is 2. The molecule has 0 spiro atoms. The molecule has 0 atom stereocenters. The van der Waals surface area contributed by atoms with Gasteiger partial charge in [0.2, 0.25) is 0 Å². The molecule has 6 nitrogen and oxygen atoms in total. The lowest BCUT2D eigenvalue weighted by molar-refractivity contribution is 0.0956. The van der Waals surface area contributed by atoms with Crippen LogP contribution in [0.5, 0.6) is 0 Å². The predicted molar refractivity (Wildman–Crippen MR) is 112 cm³/mol. The van der Waals surface area contributed by atoms with E-state index in [1.165, 1.54) is 11.3 Å². The third-order valence-corrected chi connectivity index (χ3v) is 6.12. The number of nitrogens with one attached hydrogen (secondary N) is 1. The van der Waals surface area contributed by atoms with Gasteiger partial charge in [-0.05, 0) is 18.6 Å². The van der Waals surface area contributed by atoms with E-state index in [-0.39, 0.29) is 12.5 Å². The van der Waals surface area contributed by atoms with Gasteiger partial charge in [0.25, 0.3) is 5.91 Å². The molecule has 0 unspecified atom stereocenters. The van der Waals surface area contributed by atoms with E-state index in [2.05, 4.69) is 16.3 Å². The molecule has 1 aliphatic rings. The lowest BCUT2D eigenvalue weighted by atomic mass is 10.0. The molecule has 148 valence electrons. The molecule has 0 aliphatic carbocycles. The van der Waals surface area contributed by atoms with Crippen LogP contribution in [-0.2, 0) is 4.74 Å². The fourth-order valence-corrected chi connectivity index (χ4v) is 4.72. The molecule has 3 rings (SSSR count). The van der Waals surface area contributed by atoms with Gasteiger partial charge in [-0.3, -0.25) is 4.79 Å². The van der Waals surface area contributed by atoms with Crippen LogP contribution in [0, 0.1) is 11.3 Å². The highest BCUT2D eigenvalue weighted by Crippen LogP contribution is 2.44. The number of nitrogens with zero attached hydrogens (tertiary/aromatic N) is 2. The number of ether oxygens (including phenoxy) is 1. The van der Waals surface area contributed by atoms with Crippen LogP contribution in [0.2, 0.25) is 10.0 Å². The van der Waals surface area contributed by atoms with E-state index in [1.807, 2.05) is 0 Å². The first-order valence-electron chi connectivity index (χ1n) is 8.81. The van der Waals surface area contributed by atoms with Gasteiger partial charge in [0.15, 0.2) is 0 Å². The van der Waals surface area contributed by atoms with E-state index >= 15 is 0 Å². The summed E-state index contributed by atoms with van der Waals surface area (Å²) in [6.45, 7) is 2.76. The number of benzene rings is 1. The Morgan fingerprint density at radius 3 is 2.75 bits per heavy atom. The summed E-state index contributed by atoms with van der Waals surface area (Å²) in [5.41, 5.74) is 1.52. The molecule has 0 saturated carbocycles. The molecule has 1 fully saturated rings. The number of amides is 1. The minimum atomic E-state index is -0.296. The van der Waals surface area contributed by atoms with E-state index in [4.69, 9.17) is 33.0 Å². The number of aliphatic hydroxyl groups excluding tert-OH is 1. The Morgan fingerprint density at radius 1 is 1.36 bits per heavy atom. The molecular formula is C19H19Cl2N3O3S. The molecular weight excluding hydrogens is 421 g/mol. The standard InChI is InChI=1S/C19H19Cl2N3O3S/c20-12-2-3-13(15(21)10-12)16-14(11-22)19(24-5-8-27-9-6-24)28-17(16)18(26)23-4-1-7-25/h2-3,10,25H,1,4-9H2,(H,23,26). The molecule has 9 heteroatoms. The summed E-state index contributed by atoms with van der Waals surface area (Å²) in [6, 6.07) is 7.26. The van der Waals surface area contributed by atoms with Crippen LogP contribution in [0.1, 0.15) is 21.7 Å². The number of carbonyl (C=O) groups excluding carboxylic acids is 1. The summed E-state index contributed by atoms with van der Waals surface area (Å²) in [5.74, 6) is -0.296. The molecule has 1 saturated heterocycles. The fraction of sp³-hybridized carbons (Fsp3) is 0.368. The topological polar surface area (TPSA) is 85.6 Å². The van der Waals surface area contributed by atoms with Crippen molar-refractivity contribution < 1.29 is 14.6 Å². The number of halogens is 2. The van der Waals surface area contributed by atoms with Crippen molar-refractivity contribution in [2.75, 3.05) is 44.4 Å². The quantitative estimate of drug-likeness (QED) is 0.672. The van der Waals surface area contributed by atoms with Gasteiger partial charge in [-0.2, -0.15) is 5.26 Å². The first-order chi connectivity index (χ1) is 13.6. The zero-order valence-corrected chi connectivity index (χ0v) is 17.3. The van der Waals surface area contributed by atoms with Crippen LogP contribution < -0.4 is 10.2 Å². The van der Waals surface area contributed by atoms with Crippen molar-refractivity contribution in [2.45, 2.75) is 6.42 Å². The second-order valence-electron chi connectivity index (χ2n) is 6.15. The number of thiophene rings is 1. The normalized spacial score (nSPS) is 14.0. The average Bonchev–Trinajstić information content (AvgIpc) is 3.08. The van der Waals surface area contributed by atoms with Gasteiger partial charge < -0.3 is 20.1 Å². The van der Waals surface area contributed by atoms with E-state index < -0.39 is 0 Å². The van der Waals surface area contributed by atoms with Gasteiger partial charge in [-0.15, -0.1) is 11.3 Å². The second-order valence-corrected chi connectivity index (χ2v) is 8.00. The molecule has 1 aliphatic heterocycles.